The fourth-order valence-electron chi connectivity index (χ4n) is 6.25. The van der Waals surface area contributed by atoms with Crippen LogP contribution in [0.5, 0.6) is 0 Å². The first kappa shape index (κ1) is 16.6. The van der Waals surface area contributed by atoms with Crippen molar-refractivity contribution in [3.8, 4) is 0 Å². The second kappa shape index (κ2) is 5.72. The molecule has 0 spiro atoms. The lowest BCUT2D eigenvalue weighted by molar-refractivity contribution is -0.0119. The molecule has 1 heterocycles. The topological polar surface area (TPSA) is 66.5 Å². The number of rotatable bonds is 3. The highest BCUT2D eigenvalue weighted by atomic mass is 32.2. The van der Waals surface area contributed by atoms with Crippen LogP contribution in [0.15, 0.2) is 18.2 Å². The molecule has 0 radical (unpaired) electrons. The van der Waals surface area contributed by atoms with Gasteiger partial charge in [0, 0.05) is 18.2 Å². The van der Waals surface area contributed by atoms with Crippen LogP contribution in [0, 0.1) is 23.7 Å². The Morgan fingerprint density at radius 2 is 1.73 bits per heavy atom. The summed E-state index contributed by atoms with van der Waals surface area (Å²) in [5.74, 6) is 3.11. The number of benzene rings is 1. The van der Waals surface area contributed by atoms with Gasteiger partial charge in [-0.15, -0.1) is 0 Å². The summed E-state index contributed by atoms with van der Waals surface area (Å²) in [5, 5.41) is 3.34. The number of carbonyl (C=O) groups excluding carboxylic acids is 1. The minimum absolute atomic E-state index is 0.00285. The summed E-state index contributed by atoms with van der Waals surface area (Å²) in [6.07, 6.45) is 8.44. The molecule has 6 heteroatoms. The van der Waals surface area contributed by atoms with E-state index in [9.17, 15) is 13.2 Å². The number of nitrogens with zero attached hydrogens (tertiary/aromatic N) is 1. The molecular formula is C20H26N2O3S. The number of nitrogens with one attached hydrogen (secondary N) is 1. The monoisotopic (exact) mass is 374 g/mol. The lowest BCUT2D eigenvalue weighted by Crippen LogP contribution is -2.55. The lowest BCUT2D eigenvalue weighted by Gasteiger charge is -2.54. The van der Waals surface area contributed by atoms with Crippen molar-refractivity contribution in [1.29, 1.82) is 0 Å². The fraction of sp³-hybridized carbons (Fsp3) is 0.650. The van der Waals surface area contributed by atoms with Crippen LogP contribution < -0.4 is 9.62 Å². The summed E-state index contributed by atoms with van der Waals surface area (Å²) < 4.78 is 25.2. The average molecular weight is 375 g/mol. The second-order valence-corrected chi connectivity index (χ2v) is 10.8. The number of hydrogen-bond acceptors (Lipinski definition) is 3. The molecule has 140 valence electrons. The molecule has 1 amide bonds. The summed E-state index contributed by atoms with van der Waals surface area (Å²) in [6.45, 7) is 0.467. The maximum absolute atomic E-state index is 12.9. The Morgan fingerprint density at radius 1 is 1.08 bits per heavy atom. The third-order valence-electron chi connectivity index (χ3n) is 7.12. The Bertz CT molecular complexity index is 836. The smallest absolute Gasteiger partial charge is 0.251 e. The summed E-state index contributed by atoms with van der Waals surface area (Å²) in [7, 11) is -3.25. The predicted octanol–water partition coefficient (Wildman–Crippen LogP) is 2.56. The minimum Gasteiger partial charge on any atom is -0.349 e. The first-order chi connectivity index (χ1) is 12.4. The SMILES string of the molecule is CS(=O)(=O)N1CCc2cc(C(=O)NC3C4CC5CC(C4)CC3C5)ccc21. The molecular weight excluding hydrogens is 348 g/mol. The maximum Gasteiger partial charge on any atom is 0.251 e. The van der Waals surface area contributed by atoms with Crippen molar-refractivity contribution in [1.82, 2.24) is 5.32 Å². The van der Waals surface area contributed by atoms with E-state index >= 15 is 0 Å². The van der Waals surface area contributed by atoms with E-state index in [1.165, 1.54) is 42.7 Å². The van der Waals surface area contributed by atoms with Gasteiger partial charge in [0.2, 0.25) is 10.0 Å². The van der Waals surface area contributed by atoms with E-state index in [0.717, 1.165) is 23.1 Å². The van der Waals surface area contributed by atoms with Crippen molar-refractivity contribution >= 4 is 21.6 Å². The summed E-state index contributed by atoms with van der Waals surface area (Å²) >= 11 is 0. The maximum atomic E-state index is 12.9. The zero-order valence-corrected chi connectivity index (χ0v) is 16.0. The van der Waals surface area contributed by atoms with Crippen LogP contribution in [0.3, 0.4) is 0 Å². The van der Waals surface area contributed by atoms with Gasteiger partial charge in [-0.05, 0) is 86.0 Å². The van der Waals surface area contributed by atoms with E-state index in [0.29, 0.717) is 36.4 Å². The zero-order valence-electron chi connectivity index (χ0n) is 15.1. The van der Waals surface area contributed by atoms with Crippen molar-refractivity contribution in [2.24, 2.45) is 23.7 Å². The van der Waals surface area contributed by atoms with Crippen LogP contribution in [0.4, 0.5) is 5.69 Å². The molecule has 1 aromatic rings. The van der Waals surface area contributed by atoms with E-state index in [1.54, 1.807) is 12.1 Å². The number of anilines is 1. The Labute approximate surface area is 155 Å². The molecule has 4 bridgehead atoms. The normalized spacial score (nSPS) is 34.8. The van der Waals surface area contributed by atoms with Crippen LogP contribution in [-0.4, -0.2) is 33.2 Å². The van der Waals surface area contributed by atoms with Gasteiger partial charge in [0.15, 0.2) is 0 Å². The molecule has 5 aliphatic rings. The number of hydrogen-bond donors (Lipinski definition) is 1. The van der Waals surface area contributed by atoms with E-state index in [4.69, 9.17) is 0 Å². The van der Waals surface area contributed by atoms with Crippen LogP contribution in [0.1, 0.15) is 48.0 Å². The molecule has 1 aliphatic heterocycles. The molecule has 26 heavy (non-hydrogen) atoms. The highest BCUT2D eigenvalue weighted by Crippen LogP contribution is 2.53. The standard InChI is InChI=1S/C20H26N2O3S/c1-26(24,25)22-5-4-14-11-15(2-3-18(14)22)20(23)21-19-16-7-12-6-13(9-16)10-17(19)8-12/h2-3,11-13,16-17,19H,4-10H2,1H3,(H,21,23). The fourth-order valence-corrected chi connectivity index (χ4v) is 7.21. The molecule has 0 unspecified atom stereocenters. The Hall–Kier alpha value is -1.56. The van der Waals surface area contributed by atoms with Crippen LogP contribution >= 0.6 is 0 Å². The van der Waals surface area contributed by atoms with Gasteiger partial charge in [-0.3, -0.25) is 9.10 Å². The quantitative estimate of drug-likeness (QED) is 0.884. The predicted molar refractivity (Wildman–Crippen MR) is 101 cm³/mol. The van der Waals surface area contributed by atoms with Crippen molar-refractivity contribution in [3.05, 3.63) is 29.3 Å². The molecule has 4 aliphatic carbocycles. The minimum atomic E-state index is -3.25. The number of fused-ring (bicyclic) bond motifs is 1. The van der Waals surface area contributed by atoms with Gasteiger partial charge >= 0.3 is 0 Å². The molecule has 5 nitrogen and oxygen atoms in total. The van der Waals surface area contributed by atoms with Crippen molar-refractivity contribution < 1.29 is 13.2 Å². The summed E-state index contributed by atoms with van der Waals surface area (Å²) in [6, 6.07) is 5.77. The zero-order chi connectivity index (χ0) is 18.1. The van der Waals surface area contributed by atoms with Gasteiger partial charge in [0.25, 0.3) is 5.91 Å². The lowest BCUT2D eigenvalue weighted by atomic mass is 9.54. The average Bonchev–Trinajstić information content (AvgIpc) is 3.00. The Balaban J connectivity index is 1.34. The third kappa shape index (κ3) is 2.65. The van der Waals surface area contributed by atoms with Crippen molar-refractivity contribution in [2.45, 2.75) is 44.6 Å². The largest absolute Gasteiger partial charge is 0.349 e. The third-order valence-corrected chi connectivity index (χ3v) is 8.30. The van der Waals surface area contributed by atoms with Gasteiger partial charge in [0.1, 0.15) is 0 Å². The molecule has 1 N–H and O–H groups in total. The first-order valence-corrected chi connectivity index (χ1v) is 11.6. The molecule has 0 saturated heterocycles. The van der Waals surface area contributed by atoms with Gasteiger partial charge in [-0.2, -0.15) is 0 Å². The molecule has 0 atom stereocenters. The highest BCUT2D eigenvalue weighted by molar-refractivity contribution is 7.92. The molecule has 4 fully saturated rings. The Morgan fingerprint density at radius 3 is 2.35 bits per heavy atom. The van der Waals surface area contributed by atoms with E-state index < -0.39 is 10.0 Å². The van der Waals surface area contributed by atoms with E-state index in [-0.39, 0.29) is 5.91 Å². The number of amides is 1. The van der Waals surface area contributed by atoms with Crippen LogP contribution in [0.25, 0.3) is 0 Å². The van der Waals surface area contributed by atoms with E-state index in [2.05, 4.69) is 5.32 Å². The van der Waals surface area contributed by atoms with E-state index in [1.807, 2.05) is 6.07 Å². The number of carbonyl (C=O) groups is 1. The van der Waals surface area contributed by atoms with Crippen LogP contribution in [0.2, 0.25) is 0 Å². The highest BCUT2D eigenvalue weighted by Gasteiger charge is 2.48. The first-order valence-electron chi connectivity index (χ1n) is 9.80. The van der Waals surface area contributed by atoms with Gasteiger partial charge in [0.05, 0.1) is 11.9 Å². The molecule has 1 aromatic carbocycles. The van der Waals surface area contributed by atoms with Crippen molar-refractivity contribution in [2.75, 3.05) is 17.1 Å². The number of sulfonamides is 1. The van der Waals surface area contributed by atoms with Crippen molar-refractivity contribution in [3.63, 3.8) is 0 Å². The summed E-state index contributed by atoms with van der Waals surface area (Å²) in [4.78, 5) is 12.9. The molecule has 4 saturated carbocycles. The summed E-state index contributed by atoms with van der Waals surface area (Å²) in [5.41, 5.74) is 2.33. The van der Waals surface area contributed by atoms with Gasteiger partial charge in [-0.1, -0.05) is 0 Å². The van der Waals surface area contributed by atoms with Gasteiger partial charge in [-0.25, -0.2) is 8.42 Å². The second-order valence-electron chi connectivity index (χ2n) is 8.86. The van der Waals surface area contributed by atoms with Crippen LogP contribution in [-0.2, 0) is 16.4 Å². The Kier molecular flexibility index (Phi) is 3.65. The van der Waals surface area contributed by atoms with Gasteiger partial charge < -0.3 is 5.32 Å². The molecule has 0 aromatic heterocycles. The molecule has 6 rings (SSSR count).